The molecule has 1 fully saturated rings. The highest BCUT2D eigenvalue weighted by Crippen LogP contribution is 2.31. The van der Waals surface area contributed by atoms with E-state index in [2.05, 4.69) is 9.98 Å². The maximum absolute atomic E-state index is 14.3. The van der Waals surface area contributed by atoms with E-state index < -0.39 is 71.8 Å². The lowest BCUT2D eigenvalue weighted by Gasteiger charge is -2.27. The third-order valence-corrected chi connectivity index (χ3v) is 6.99. The molecule has 0 atom stereocenters. The summed E-state index contributed by atoms with van der Waals surface area (Å²) in [6, 6.07) is 2.62. The van der Waals surface area contributed by atoms with Crippen molar-refractivity contribution in [3.63, 3.8) is 0 Å². The number of pyridine rings is 1. The Morgan fingerprint density at radius 3 is 2.30 bits per heavy atom. The molecule has 9 nitrogen and oxygen atoms in total. The molecule has 1 saturated carbocycles. The summed E-state index contributed by atoms with van der Waals surface area (Å²) in [6.45, 7) is 0.218. The normalized spacial score (nSPS) is 17.8. The molecular weight excluding hydrogens is 601 g/mol. The van der Waals surface area contributed by atoms with Crippen LogP contribution in [0.5, 0.6) is 0 Å². The van der Waals surface area contributed by atoms with Crippen LogP contribution >= 0.6 is 11.6 Å². The number of amides is 1. The van der Waals surface area contributed by atoms with Gasteiger partial charge in [-0.25, -0.2) is 13.8 Å². The molecule has 43 heavy (non-hydrogen) atoms. The van der Waals surface area contributed by atoms with Crippen molar-refractivity contribution in [2.45, 2.75) is 51.4 Å². The number of rotatable bonds is 10. The first-order valence-corrected chi connectivity index (χ1v) is 13.5. The topological polar surface area (TPSA) is 141 Å². The fourth-order valence-electron chi connectivity index (χ4n) is 4.70. The molecule has 0 bridgehead atoms. The van der Waals surface area contributed by atoms with Crippen molar-refractivity contribution in [3.05, 3.63) is 70.0 Å². The molecule has 15 heteroatoms. The van der Waals surface area contributed by atoms with Crippen LogP contribution in [0.15, 0.2) is 47.2 Å². The van der Waals surface area contributed by atoms with Gasteiger partial charge in [-0.2, -0.15) is 13.2 Å². The molecular formula is C28H29ClF5N5O4. The lowest BCUT2D eigenvalue weighted by Crippen LogP contribution is -2.41. The molecule has 1 heterocycles. The molecule has 2 aromatic rings. The van der Waals surface area contributed by atoms with E-state index in [1.165, 1.54) is 12.3 Å². The number of carbonyl (C=O) groups excluding carboxylic acids is 3. The minimum atomic E-state index is -5.16. The van der Waals surface area contributed by atoms with Crippen LogP contribution in [-0.4, -0.2) is 58.6 Å². The molecule has 1 aromatic carbocycles. The molecule has 1 aromatic heterocycles. The number of hydrogen-bond donors (Lipinski definition) is 2. The zero-order valence-corrected chi connectivity index (χ0v) is 23.7. The van der Waals surface area contributed by atoms with Gasteiger partial charge in [0.1, 0.15) is 17.5 Å². The number of anilines is 1. The molecule has 1 aliphatic rings. The number of halogens is 6. The highest BCUT2D eigenvalue weighted by Gasteiger charge is 2.43. The first kappa shape index (κ1) is 33.4. The largest absolute Gasteiger partial charge is 0.466 e. The Bertz CT molecular complexity index is 1380. The van der Waals surface area contributed by atoms with Gasteiger partial charge in [-0.05, 0) is 56.4 Å². The number of benzene rings is 1. The van der Waals surface area contributed by atoms with Crippen molar-refractivity contribution in [2.24, 2.45) is 16.6 Å². The minimum absolute atomic E-state index is 0.110. The number of ether oxygens (including phenoxy) is 1. The number of hydrogen-bond acceptors (Lipinski definition) is 8. The van der Waals surface area contributed by atoms with Crippen LogP contribution in [0.3, 0.4) is 0 Å². The highest BCUT2D eigenvalue weighted by molar-refractivity contribution is 6.34. The monoisotopic (exact) mass is 629 g/mol. The van der Waals surface area contributed by atoms with Crippen LogP contribution < -0.4 is 11.5 Å². The van der Waals surface area contributed by atoms with Crippen LogP contribution in [-0.2, 0) is 20.9 Å². The molecule has 0 aliphatic heterocycles. The van der Waals surface area contributed by atoms with E-state index in [0.717, 1.165) is 12.1 Å². The van der Waals surface area contributed by atoms with Crippen molar-refractivity contribution >= 4 is 40.8 Å². The second-order valence-electron chi connectivity index (χ2n) is 9.73. The van der Waals surface area contributed by atoms with E-state index in [9.17, 15) is 36.3 Å². The van der Waals surface area contributed by atoms with Crippen LogP contribution in [0.1, 0.15) is 48.5 Å². The number of nitrogens with zero attached hydrogens (tertiary/aromatic N) is 3. The van der Waals surface area contributed by atoms with E-state index in [-0.39, 0.29) is 54.3 Å². The van der Waals surface area contributed by atoms with Gasteiger partial charge in [0.05, 0.1) is 41.3 Å². The van der Waals surface area contributed by atoms with Gasteiger partial charge in [0.15, 0.2) is 11.5 Å². The van der Waals surface area contributed by atoms with Crippen LogP contribution in [0.25, 0.3) is 0 Å². The number of aliphatic imine (C=N–C) groups is 1. The summed E-state index contributed by atoms with van der Waals surface area (Å²) in [5, 5.41) is -0.132. The number of alkyl halides is 3. The van der Waals surface area contributed by atoms with Crippen LogP contribution in [0, 0.1) is 17.6 Å². The summed E-state index contributed by atoms with van der Waals surface area (Å²) in [6.07, 6.45) is -2.85. The van der Waals surface area contributed by atoms with Gasteiger partial charge in [0.25, 0.3) is 5.91 Å². The quantitative estimate of drug-likeness (QED) is 0.127. The fourth-order valence-corrected chi connectivity index (χ4v) is 4.96. The Kier molecular flexibility index (Phi) is 11.2. The SMILES string of the molecule is CCOC(=O)C1CCC(N=C(C(=CN)C(=O)N(CC(=O)c2c(Cl)ccnc2N)Cc2cc(F)cc(F)c2)C(F)(F)F)CC1. The molecule has 0 unspecified atom stereocenters. The van der Waals surface area contributed by atoms with Crippen molar-refractivity contribution in [3.8, 4) is 0 Å². The zero-order valence-electron chi connectivity index (χ0n) is 23.0. The van der Waals surface area contributed by atoms with E-state index in [4.69, 9.17) is 27.8 Å². The van der Waals surface area contributed by atoms with Gasteiger partial charge in [-0.15, -0.1) is 0 Å². The number of esters is 1. The number of nitrogen functional groups attached to an aromatic ring is 1. The summed E-state index contributed by atoms with van der Waals surface area (Å²) in [7, 11) is 0. The second kappa shape index (κ2) is 14.4. The van der Waals surface area contributed by atoms with E-state index >= 15 is 0 Å². The van der Waals surface area contributed by atoms with Gasteiger partial charge in [-0.1, -0.05) is 11.6 Å². The van der Waals surface area contributed by atoms with Crippen LogP contribution in [0.4, 0.5) is 27.8 Å². The third kappa shape index (κ3) is 8.72. The molecule has 3 rings (SSSR count). The van der Waals surface area contributed by atoms with Crippen molar-refractivity contribution < 1.29 is 41.1 Å². The van der Waals surface area contributed by atoms with E-state index in [1.807, 2.05) is 0 Å². The van der Waals surface area contributed by atoms with E-state index in [1.54, 1.807) is 6.92 Å². The predicted molar refractivity (Wildman–Crippen MR) is 148 cm³/mol. The van der Waals surface area contributed by atoms with Crippen molar-refractivity contribution in [1.82, 2.24) is 9.88 Å². The lowest BCUT2D eigenvalue weighted by atomic mass is 9.86. The fraction of sp³-hybridized carbons (Fsp3) is 0.393. The standard InChI is InChI=1S/C28H29ClF5N5O4/c1-2-43-27(42)16-3-5-19(6-4-16)38-24(28(32,33)34)20(12-35)26(41)39(13-15-9-17(30)11-18(31)10-15)14-22(40)23-21(29)7-8-37-25(23)36/h7-12,16,19H,2-6,13-14,35H2,1H3,(H2,36,37). The molecule has 1 aliphatic carbocycles. The Balaban J connectivity index is 1.97. The minimum Gasteiger partial charge on any atom is -0.466 e. The average molecular weight is 630 g/mol. The Hall–Kier alpha value is -4.07. The Morgan fingerprint density at radius 1 is 1.14 bits per heavy atom. The smallest absolute Gasteiger partial charge is 0.433 e. The summed E-state index contributed by atoms with van der Waals surface area (Å²) < 4.78 is 75.8. The number of aromatic nitrogens is 1. The average Bonchev–Trinajstić information content (AvgIpc) is 2.91. The van der Waals surface area contributed by atoms with Gasteiger partial charge in [0.2, 0.25) is 0 Å². The highest BCUT2D eigenvalue weighted by atomic mass is 35.5. The Morgan fingerprint density at radius 2 is 1.77 bits per heavy atom. The number of carbonyl (C=O) groups is 3. The number of nitrogens with two attached hydrogens (primary N) is 2. The molecule has 232 valence electrons. The van der Waals surface area contributed by atoms with Gasteiger partial charge < -0.3 is 21.1 Å². The number of ketones is 1. The summed E-state index contributed by atoms with van der Waals surface area (Å²) in [4.78, 5) is 47.0. The van der Waals surface area contributed by atoms with E-state index in [0.29, 0.717) is 17.2 Å². The third-order valence-electron chi connectivity index (χ3n) is 6.67. The Labute approximate surface area is 248 Å². The number of Topliss-reactive ketones (excluding diaryl/α,β-unsaturated/α-hetero) is 1. The van der Waals surface area contributed by atoms with Crippen molar-refractivity contribution in [1.29, 1.82) is 0 Å². The first-order valence-electron chi connectivity index (χ1n) is 13.2. The predicted octanol–water partition coefficient (Wildman–Crippen LogP) is 4.77. The lowest BCUT2D eigenvalue weighted by molar-refractivity contribution is -0.149. The van der Waals surface area contributed by atoms with Gasteiger partial charge in [-0.3, -0.25) is 19.4 Å². The maximum Gasteiger partial charge on any atom is 0.433 e. The summed E-state index contributed by atoms with van der Waals surface area (Å²) in [5.41, 5.74) is 8.15. The molecule has 0 spiro atoms. The van der Waals surface area contributed by atoms with Gasteiger partial charge in [0, 0.05) is 25.0 Å². The maximum atomic E-state index is 14.3. The molecule has 1 amide bonds. The summed E-state index contributed by atoms with van der Waals surface area (Å²) >= 11 is 6.07. The molecule has 0 saturated heterocycles. The van der Waals surface area contributed by atoms with Crippen LogP contribution in [0.2, 0.25) is 5.02 Å². The summed E-state index contributed by atoms with van der Waals surface area (Å²) in [5.74, 6) is -5.55. The van der Waals surface area contributed by atoms with Gasteiger partial charge >= 0.3 is 12.1 Å². The first-order chi connectivity index (χ1) is 20.2. The molecule has 0 radical (unpaired) electrons. The second-order valence-corrected chi connectivity index (χ2v) is 10.1. The zero-order chi connectivity index (χ0) is 31.9. The molecule has 4 N–H and O–H groups in total. The van der Waals surface area contributed by atoms with Crippen molar-refractivity contribution in [2.75, 3.05) is 18.9 Å².